The summed E-state index contributed by atoms with van der Waals surface area (Å²) in [5.74, 6) is -0.213. The summed E-state index contributed by atoms with van der Waals surface area (Å²) >= 11 is 0. The second kappa shape index (κ2) is 7.06. The third kappa shape index (κ3) is 4.05. The van der Waals surface area contributed by atoms with E-state index in [1.165, 1.54) is 4.90 Å². The lowest BCUT2D eigenvalue weighted by Crippen LogP contribution is -2.53. The van der Waals surface area contributed by atoms with Crippen molar-refractivity contribution in [1.29, 1.82) is 0 Å². The second-order valence-corrected chi connectivity index (χ2v) is 7.73. The lowest BCUT2D eigenvalue weighted by molar-refractivity contribution is -0.127. The van der Waals surface area contributed by atoms with Gasteiger partial charge < -0.3 is 15.1 Å². The van der Waals surface area contributed by atoms with Crippen LogP contribution in [0, 0.1) is 0 Å². The smallest absolute Gasteiger partial charge is 0.351 e. The second-order valence-electron chi connectivity index (χ2n) is 6.73. The molecule has 0 saturated carbocycles. The lowest BCUT2D eigenvalue weighted by Gasteiger charge is -2.34. The lowest BCUT2D eigenvalue weighted by atomic mass is 9.99. The number of likely N-dealkylation sites (tertiary alicyclic amines) is 1. The number of nitrogens with one attached hydrogen (secondary N) is 1. The molecule has 142 valence electrons. The molecule has 3 rings (SSSR count). The molecule has 3 saturated heterocycles. The number of fused-ring (bicyclic) bond motifs is 2. The van der Waals surface area contributed by atoms with Crippen molar-refractivity contribution < 1.29 is 26.8 Å². The summed E-state index contributed by atoms with van der Waals surface area (Å²) < 4.78 is 34.9. The molecule has 25 heavy (non-hydrogen) atoms. The zero-order valence-corrected chi connectivity index (χ0v) is 14.9. The van der Waals surface area contributed by atoms with E-state index in [0.29, 0.717) is 17.9 Å². The van der Waals surface area contributed by atoms with E-state index < -0.39 is 28.5 Å². The van der Waals surface area contributed by atoms with Crippen LogP contribution in [0.4, 0.5) is 4.79 Å². The molecule has 10 nitrogen and oxygen atoms in total. The summed E-state index contributed by atoms with van der Waals surface area (Å²) in [5, 5.41) is 3.67. The first kappa shape index (κ1) is 18.4. The Morgan fingerprint density at radius 3 is 2.56 bits per heavy atom. The van der Waals surface area contributed by atoms with E-state index in [4.69, 9.17) is 4.55 Å². The third-order valence-electron chi connectivity index (χ3n) is 5.18. The monoisotopic (exact) mass is 376 g/mol. The van der Waals surface area contributed by atoms with Crippen molar-refractivity contribution in [2.75, 3.05) is 26.2 Å². The van der Waals surface area contributed by atoms with Gasteiger partial charge in [0.05, 0.1) is 6.04 Å². The minimum absolute atomic E-state index is 0.0934. The number of carbonyl (C=O) groups is 2. The molecule has 3 fully saturated rings. The van der Waals surface area contributed by atoms with Crippen LogP contribution in [-0.4, -0.2) is 84.1 Å². The standard InChI is InChI=1S/C14H24N4O6S/c1-2-16-7-5-10(6-8-16)15-13(19)12-4-3-11-9-17(12)14(20)18(11)24-25(21,22)23/h10-12H,2-9H2,1H3,(H,15,19)(H,21,22,23). The van der Waals surface area contributed by atoms with Gasteiger partial charge in [0.25, 0.3) is 0 Å². The van der Waals surface area contributed by atoms with Crippen LogP contribution >= 0.6 is 0 Å². The van der Waals surface area contributed by atoms with Crippen LogP contribution in [0.25, 0.3) is 0 Å². The van der Waals surface area contributed by atoms with Crippen LogP contribution in [0.3, 0.4) is 0 Å². The normalized spacial score (nSPS) is 28.5. The average Bonchev–Trinajstić information content (AvgIpc) is 2.79. The minimum atomic E-state index is -4.77. The van der Waals surface area contributed by atoms with Crippen molar-refractivity contribution in [2.45, 2.75) is 50.7 Å². The SMILES string of the molecule is CCN1CCC(NC(=O)C2CCC3CN2C(=O)N3OS(=O)(=O)O)CC1. The molecule has 3 heterocycles. The van der Waals surface area contributed by atoms with Crippen LogP contribution in [-0.2, 0) is 19.5 Å². The summed E-state index contributed by atoms with van der Waals surface area (Å²) in [6.45, 7) is 5.19. The zero-order chi connectivity index (χ0) is 18.2. The number of nitrogens with zero attached hydrogens (tertiary/aromatic N) is 3. The number of hydroxylamine groups is 2. The first-order valence-corrected chi connectivity index (χ1v) is 9.94. The predicted octanol–water partition coefficient (Wildman–Crippen LogP) is -0.410. The van der Waals surface area contributed by atoms with E-state index in [0.717, 1.165) is 32.5 Å². The highest BCUT2D eigenvalue weighted by Gasteiger charge is 2.49. The Morgan fingerprint density at radius 1 is 1.28 bits per heavy atom. The summed E-state index contributed by atoms with van der Waals surface area (Å²) in [6.07, 6.45) is 2.62. The Morgan fingerprint density at radius 2 is 1.96 bits per heavy atom. The number of carbonyl (C=O) groups excluding carboxylic acids is 2. The largest absolute Gasteiger partial charge is 0.418 e. The van der Waals surface area contributed by atoms with Crippen molar-refractivity contribution in [1.82, 2.24) is 20.2 Å². The van der Waals surface area contributed by atoms with Crippen molar-refractivity contribution in [2.24, 2.45) is 0 Å². The Hall–Kier alpha value is -1.43. The Kier molecular flexibility index (Phi) is 5.19. The number of hydrogen-bond acceptors (Lipinski definition) is 6. The number of amides is 3. The predicted molar refractivity (Wildman–Crippen MR) is 86.7 cm³/mol. The van der Waals surface area contributed by atoms with Gasteiger partial charge in [-0.2, -0.15) is 13.5 Å². The maximum Gasteiger partial charge on any atom is 0.418 e. The fourth-order valence-corrected chi connectivity index (χ4v) is 4.18. The molecule has 2 bridgehead atoms. The molecular formula is C14H24N4O6S. The maximum atomic E-state index is 12.6. The number of piperidine rings is 2. The molecule has 0 aromatic heterocycles. The Bertz CT molecular complexity index is 633. The van der Waals surface area contributed by atoms with Crippen molar-refractivity contribution in [3.63, 3.8) is 0 Å². The highest BCUT2D eigenvalue weighted by Crippen LogP contribution is 2.30. The number of hydrogen-bond donors (Lipinski definition) is 2. The fourth-order valence-electron chi connectivity index (χ4n) is 3.80. The van der Waals surface area contributed by atoms with Crippen LogP contribution < -0.4 is 5.32 Å². The van der Waals surface area contributed by atoms with Gasteiger partial charge in [-0.3, -0.25) is 9.35 Å². The molecule has 0 spiro atoms. The van der Waals surface area contributed by atoms with Crippen LogP contribution in [0.5, 0.6) is 0 Å². The fraction of sp³-hybridized carbons (Fsp3) is 0.857. The first-order valence-electron chi connectivity index (χ1n) is 8.58. The number of rotatable bonds is 5. The molecule has 2 unspecified atom stereocenters. The molecule has 3 aliphatic heterocycles. The molecule has 0 aromatic carbocycles. The van der Waals surface area contributed by atoms with E-state index in [1.54, 1.807) is 0 Å². The molecule has 0 radical (unpaired) electrons. The molecule has 2 atom stereocenters. The van der Waals surface area contributed by atoms with Gasteiger partial charge in [0.2, 0.25) is 5.91 Å². The van der Waals surface area contributed by atoms with Crippen molar-refractivity contribution in [3.05, 3.63) is 0 Å². The van der Waals surface area contributed by atoms with E-state index in [1.807, 2.05) is 0 Å². The third-order valence-corrected chi connectivity index (χ3v) is 5.53. The van der Waals surface area contributed by atoms with E-state index in [-0.39, 0.29) is 18.5 Å². The maximum absolute atomic E-state index is 12.6. The molecule has 2 N–H and O–H groups in total. The highest BCUT2D eigenvalue weighted by molar-refractivity contribution is 7.80. The van der Waals surface area contributed by atoms with Gasteiger partial charge >= 0.3 is 16.4 Å². The van der Waals surface area contributed by atoms with Crippen LogP contribution in [0.15, 0.2) is 0 Å². The quantitative estimate of drug-likeness (QED) is 0.626. The van der Waals surface area contributed by atoms with Crippen molar-refractivity contribution in [3.8, 4) is 0 Å². The van der Waals surface area contributed by atoms with Gasteiger partial charge in [0.1, 0.15) is 6.04 Å². The van der Waals surface area contributed by atoms with E-state index in [9.17, 15) is 18.0 Å². The van der Waals surface area contributed by atoms with Crippen LogP contribution in [0.2, 0.25) is 0 Å². The molecule has 3 amide bonds. The van der Waals surface area contributed by atoms with Gasteiger partial charge in [-0.05, 0) is 32.2 Å². The summed E-state index contributed by atoms with van der Waals surface area (Å²) in [6, 6.07) is -1.73. The Balaban J connectivity index is 1.59. The molecule has 0 aromatic rings. The summed E-state index contributed by atoms with van der Waals surface area (Å²) in [7, 11) is -4.77. The molecular weight excluding hydrogens is 352 g/mol. The first-order chi connectivity index (χ1) is 11.8. The molecule has 11 heteroatoms. The van der Waals surface area contributed by atoms with Gasteiger partial charge in [0, 0.05) is 25.7 Å². The Labute approximate surface area is 147 Å². The summed E-state index contributed by atoms with van der Waals surface area (Å²) in [5.41, 5.74) is 0. The minimum Gasteiger partial charge on any atom is -0.351 e. The van der Waals surface area contributed by atoms with E-state index in [2.05, 4.69) is 21.4 Å². The highest BCUT2D eigenvalue weighted by atomic mass is 32.3. The van der Waals surface area contributed by atoms with Gasteiger partial charge in [-0.1, -0.05) is 6.92 Å². The zero-order valence-electron chi connectivity index (χ0n) is 14.1. The topological polar surface area (TPSA) is 119 Å². The number of urea groups is 1. The molecule has 3 aliphatic rings. The average molecular weight is 376 g/mol. The molecule has 0 aliphatic carbocycles. The van der Waals surface area contributed by atoms with E-state index >= 15 is 0 Å². The van der Waals surface area contributed by atoms with Crippen molar-refractivity contribution >= 4 is 22.3 Å². The van der Waals surface area contributed by atoms with Gasteiger partial charge in [0.15, 0.2) is 0 Å². The van der Waals surface area contributed by atoms with Crippen LogP contribution in [0.1, 0.15) is 32.6 Å². The van der Waals surface area contributed by atoms with Gasteiger partial charge in [-0.15, -0.1) is 4.28 Å². The summed E-state index contributed by atoms with van der Waals surface area (Å²) in [4.78, 5) is 28.6. The van der Waals surface area contributed by atoms with Gasteiger partial charge in [-0.25, -0.2) is 4.79 Å².